The van der Waals surface area contributed by atoms with Gasteiger partial charge in [-0.3, -0.25) is 4.79 Å². The molecule has 1 unspecified atom stereocenters. The first-order chi connectivity index (χ1) is 12.1. The monoisotopic (exact) mass is 338 g/mol. The van der Waals surface area contributed by atoms with Crippen molar-refractivity contribution in [2.24, 2.45) is 0 Å². The Morgan fingerprint density at radius 2 is 1.88 bits per heavy atom. The lowest BCUT2D eigenvalue weighted by Crippen LogP contribution is -2.36. The summed E-state index contributed by atoms with van der Waals surface area (Å²) in [5, 5.41) is 2.86. The minimum atomic E-state index is -0.332. The van der Waals surface area contributed by atoms with Gasteiger partial charge in [0.15, 0.2) is 0 Å². The van der Waals surface area contributed by atoms with Crippen molar-refractivity contribution < 1.29 is 14.3 Å². The highest BCUT2D eigenvalue weighted by Crippen LogP contribution is 2.25. The predicted octanol–water partition coefficient (Wildman–Crippen LogP) is 2.85. The number of carbonyl (C=O) groups excluding carboxylic acids is 2. The Labute approximate surface area is 147 Å². The van der Waals surface area contributed by atoms with Crippen molar-refractivity contribution in [3.63, 3.8) is 0 Å². The van der Waals surface area contributed by atoms with Crippen LogP contribution in [-0.2, 0) is 16.0 Å². The number of nitrogens with one attached hydrogen (secondary N) is 1. The third-order valence-corrected chi connectivity index (χ3v) is 4.25. The number of benzene rings is 2. The summed E-state index contributed by atoms with van der Waals surface area (Å²) in [5.41, 5.74) is 3.14. The smallest absolute Gasteiger partial charge is 0.410 e. The zero-order chi connectivity index (χ0) is 17.6. The highest BCUT2D eigenvalue weighted by molar-refractivity contribution is 5.78. The summed E-state index contributed by atoms with van der Waals surface area (Å²) >= 11 is 0. The topological polar surface area (TPSA) is 58.6 Å². The molecule has 130 valence electrons. The molecule has 2 aromatic rings. The lowest BCUT2D eigenvalue weighted by molar-refractivity contribution is -0.120. The van der Waals surface area contributed by atoms with Crippen molar-refractivity contribution in [1.82, 2.24) is 10.2 Å². The van der Waals surface area contributed by atoms with Crippen molar-refractivity contribution in [3.8, 4) is 0 Å². The van der Waals surface area contributed by atoms with Crippen molar-refractivity contribution in [2.75, 3.05) is 19.6 Å². The fraction of sp³-hybridized carbons (Fsp3) is 0.300. The van der Waals surface area contributed by atoms with Crippen LogP contribution in [0.4, 0.5) is 4.79 Å². The molecule has 1 atom stereocenters. The van der Waals surface area contributed by atoms with E-state index in [0.29, 0.717) is 26.1 Å². The van der Waals surface area contributed by atoms with Crippen LogP contribution in [0.3, 0.4) is 0 Å². The SMILES string of the molecule is Cc1ccc(CC(=O)NCCN2CC(c3ccccc3)OC2=O)cc1. The minimum absolute atomic E-state index is 0.0453. The Morgan fingerprint density at radius 3 is 2.60 bits per heavy atom. The van der Waals surface area contributed by atoms with Crippen LogP contribution in [0.25, 0.3) is 0 Å². The molecule has 2 amide bonds. The van der Waals surface area contributed by atoms with Crippen molar-refractivity contribution >= 4 is 12.0 Å². The van der Waals surface area contributed by atoms with Crippen LogP contribution in [0.15, 0.2) is 54.6 Å². The lowest BCUT2D eigenvalue weighted by Gasteiger charge is -2.13. The fourth-order valence-electron chi connectivity index (χ4n) is 2.82. The molecule has 0 spiro atoms. The van der Waals surface area contributed by atoms with Gasteiger partial charge in [-0.1, -0.05) is 60.2 Å². The Morgan fingerprint density at radius 1 is 1.16 bits per heavy atom. The molecular formula is C20H22N2O3. The molecule has 25 heavy (non-hydrogen) atoms. The van der Waals surface area contributed by atoms with Gasteiger partial charge in [-0.2, -0.15) is 0 Å². The summed E-state index contributed by atoms with van der Waals surface area (Å²) in [6.07, 6.45) is -0.226. The number of hydrogen-bond acceptors (Lipinski definition) is 3. The lowest BCUT2D eigenvalue weighted by atomic mass is 10.1. The predicted molar refractivity (Wildman–Crippen MR) is 95.1 cm³/mol. The summed E-state index contributed by atoms with van der Waals surface area (Å²) in [7, 11) is 0. The Hall–Kier alpha value is -2.82. The van der Waals surface area contributed by atoms with E-state index < -0.39 is 0 Å². The minimum Gasteiger partial charge on any atom is -0.439 e. The summed E-state index contributed by atoms with van der Waals surface area (Å²) in [6, 6.07) is 17.6. The third kappa shape index (κ3) is 4.59. The number of hydrogen-bond donors (Lipinski definition) is 1. The zero-order valence-corrected chi connectivity index (χ0v) is 14.3. The van der Waals surface area contributed by atoms with Crippen molar-refractivity contribution in [1.29, 1.82) is 0 Å². The van der Waals surface area contributed by atoms with Crippen LogP contribution in [0.1, 0.15) is 22.8 Å². The van der Waals surface area contributed by atoms with Gasteiger partial charge in [-0.25, -0.2) is 4.79 Å². The molecule has 2 aromatic carbocycles. The van der Waals surface area contributed by atoms with Crippen molar-refractivity contribution in [3.05, 3.63) is 71.3 Å². The maximum absolute atomic E-state index is 12.0. The Balaban J connectivity index is 1.43. The van der Waals surface area contributed by atoms with E-state index in [1.165, 1.54) is 5.56 Å². The van der Waals surface area contributed by atoms with Gasteiger partial charge < -0.3 is 15.0 Å². The van der Waals surface area contributed by atoms with Gasteiger partial charge >= 0.3 is 6.09 Å². The van der Waals surface area contributed by atoms with Gasteiger partial charge in [0.1, 0.15) is 6.10 Å². The van der Waals surface area contributed by atoms with Gasteiger partial charge in [-0.15, -0.1) is 0 Å². The average molecular weight is 338 g/mol. The fourth-order valence-corrected chi connectivity index (χ4v) is 2.82. The summed E-state index contributed by atoms with van der Waals surface area (Å²) in [4.78, 5) is 25.6. The van der Waals surface area contributed by atoms with Crippen LogP contribution in [0.2, 0.25) is 0 Å². The van der Waals surface area contributed by atoms with E-state index in [1.807, 2.05) is 61.5 Å². The summed E-state index contributed by atoms with van der Waals surface area (Å²) in [6.45, 7) is 3.39. The highest BCUT2D eigenvalue weighted by Gasteiger charge is 2.31. The van der Waals surface area contributed by atoms with Crippen molar-refractivity contribution in [2.45, 2.75) is 19.4 Å². The van der Waals surface area contributed by atoms with E-state index in [4.69, 9.17) is 4.74 Å². The van der Waals surface area contributed by atoms with Crippen LogP contribution >= 0.6 is 0 Å². The number of carbonyl (C=O) groups is 2. The van der Waals surface area contributed by atoms with Gasteiger partial charge in [0.05, 0.1) is 13.0 Å². The molecule has 1 aliphatic heterocycles. The Kier molecular flexibility index (Phi) is 5.33. The van der Waals surface area contributed by atoms with Gasteiger partial charge in [0.2, 0.25) is 5.91 Å². The van der Waals surface area contributed by atoms with Gasteiger partial charge in [0.25, 0.3) is 0 Å². The molecule has 1 N–H and O–H groups in total. The molecule has 5 nitrogen and oxygen atoms in total. The molecule has 0 aliphatic carbocycles. The standard InChI is InChI=1S/C20H22N2O3/c1-15-7-9-16(10-8-15)13-19(23)21-11-12-22-14-18(25-20(22)24)17-5-3-2-4-6-17/h2-10,18H,11-14H2,1H3,(H,21,23). The number of rotatable bonds is 6. The molecular weight excluding hydrogens is 316 g/mol. The van der Waals surface area contributed by atoms with E-state index in [1.54, 1.807) is 4.90 Å². The molecule has 5 heteroatoms. The second-order valence-electron chi connectivity index (χ2n) is 6.24. The maximum Gasteiger partial charge on any atom is 0.410 e. The molecule has 1 heterocycles. The molecule has 0 aromatic heterocycles. The summed E-state index contributed by atoms with van der Waals surface area (Å²) < 4.78 is 5.40. The van der Waals surface area contributed by atoms with Gasteiger partial charge in [0, 0.05) is 13.1 Å². The second kappa shape index (κ2) is 7.83. The van der Waals surface area contributed by atoms with E-state index in [-0.39, 0.29) is 18.1 Å². The zero-order valence-electron chi connectivity index (χ0n) is 14.3. The van der Waals surface area contributed by atoms with E-state index in [2.05, 4.69) is 5.32 Å². The molecule has 3 rings (SSSR count). The van der Waals surface area contributed by atoms with Crippen LogP contribution < -0.4 is 5.32 Å². The number of amides is 2. The van der Waals surface area contributed by atoms with Crippen LogP contribution in [-0.4, -0.2) is 36.5 Å². The number of ether oxygens (including phenoxy) is 1. The normalized spacial score (nSPS) is 16.6. The Bertz CT molecular complexity index is 728. The maximum atomic E-state index is 12.0. The average Bonchev–Trinajstić information content (AvgIpc) is 2.99. The van der Waals surface area contributed by atoms with Crippen LogP contribution in [0, 0.1) is 6.92 Å². The number of nitrogens with zero attached hydrogens (tertiary/aromatic N) is 1. The highest BCUT2D eigenvalue weighted by atomic mass is 16.6. The second-order valence-corrected chi connectivity index (χ2v) is 6.24. The molecule has 0 bridgehead atoms. The number of aryl methyl sites for hydroxylation is 1. The van der Waals surface area contributed by atoms with E-state index >= 15 is 0 Å². The largest absolute Gasteiger partial charge is 0.439 e. The van der Waals surface area contributed by atoms with E-state index in [9.17, 15) is 9.59 Å². The first kappa shape index (κ1) is 17.0. The molecule has 1 saturated heterocycles. The molecule has 0 saturated carbocycles. The van der Waals surface area contributed by atoms with E-state index in [0.717, 1.165) is 11.1 Å². The van der Waals surface area contributed by atoms with Crippen LogP contribution in [0.5, 0.6) is 0 Å². The third-order valence-electron chi connectivity index (χ3n) is 4.25. The first-order valence-corrected chi connectivity index (χ1v) is 8.44. The summed E-state index contributed by atoms with van der Waals surface area (Å²) in [5.74, 6) is -0.0453. The number of cyclic esters (lactones) is 1. The molecule has 1 aliphatic rings. The van der Waals surface area contributed by atoms with Gasteiger partial charge in [-0.05, 0) is 18.1 Å². The first-order valence-electron chi connectivity index (χ1n) is 8.44. The quantitative estimate of drug-likeness (QED) is 0.881. The molecule has 1 fully saturated rings. The molecule has 0 radical (unpaired) electrons.